The van der Waals surface area contributed by atoms with E-state index in [2.05, 4.69) is 10.2 Å². The van der Waals surface area contributed by atoms with E-state index < -0.39 is 6.10 Å². The van der Waals surface area contributed by atoms with Crippen LogP contribution in [0, 0.1) is 6.92 Å². The summed E-state index contributed by atoms with van der Waals surface area (Å²) in [5.41, 5.74) is 1.88. The first-order valence-corrected chi connectivity index (χ1v) is 5.82. The Morgan fingerprint density at radius 1 is 1.44 bits per heavy atom. The Kier molecular flexibility index (Phi) is 3.62. The molecule has 18 heavy (non-hydrogen) atoms. The van der Waals surface area contributed by atoms with Crippen LogP contribution in [0.2, 0.25) is 0 Å². The average molecular weight is 247 g/mol. The minimum Gasteiger partial charge on any atom is -0.485 e. The predicted octanol–water partition coefficient (Wildman–Crippen LogP) is 1.76. The monoisotopic (exact) mass is 247 g/mol. The smallest absolute Gasteiger partial charge is 0.170 e. The third kappa shape index (κ3) is 2.68. The molecule has 1 aromatic carbocycles. The summed E-state index contributed by atoms with van der Waals surface area (Å²) in [4.78, 5) is 0. The molecule has 5 nitrogen and oxygen atoms in total. The van der Waals surface area contributed by atoms with Gasteiger partial charge in [-0.25, -0.2) is 0 Å². The van der Waals surface area contributed by atoms with Crippen molar-refractivity contribution < 1.29 is 9.84 Å². The molecule has 0 aliphatic rings. The number of ether oxygens (including phenoxy) is 1. The number of rotatable bonds is 4. The average Bonchev–Trinajstić information content (AvgIpc) is 2.73. The number of hydrogen-bond acceptors (Lipinski definition) is 4. The Labute approximate surface area is 106 Å². The Bertz CT molecular complexity index is 535. The molecule has 0 saturated carbocycles. The van der Waals surface area contributed by atoms with E-state index in [0.717, 1.165) is 22.7 Å². The molecular formula is C13H17N3O2. The van der Waals surface area contributed by atoms with E-state index in [0.29, 0.717) is 6.61 Å². The number of hydrogen-bond donors (Lipinski definition) is 1. The van der Waals surface area contributed by atoms with Crippen molar-refractivity contribution in [2.24, 2.45) is 7.05 Å². The van der Waals surface area contributed by atoms with Gasteiger partial charge in [0.25, 0.3) is 0 Å². The molecule has 1 heterocycles. The van der Waals surface area contributed by atoms with Crippen molar-refractivity contribution >= 4 is 0 Å². The van der Waals surface area contributed by atoms with Crippen LogP contribution < -0.4 is 4.74 Å². The standard InChI is InChI=1S/C13H17N3O2/c1-9-6-11(10(2)17)4-5-12(9)18-7-13-15-14-8-16(13)3/h4-6,8,10,17H,7H2,1-3H3/t10-/m0/s1. The van der Waals surface area contributed by atoms with Gasteiger partial charge < -0.3 is 14.4 Å². The number of aliphatic hydroxyl groups is 1. The Morgan fingerprint density at radius 3 is 2.78 bits per heavy atom. The van der Waals surface area contributed by atoms with Crippen LogP contribution in [0.15, 0.2) is 24.5 Å². The first kappa shape index (κ1) is 12.6. The fourth-order valence-electron chi connectivity index (χ4n) is 1.67. The van der Waals surface area contributed by atoms with Gasteiger partial charge in [0.1, 0.15) is 18.7 Å². The highest BCUT2D eigenvalue weighted by Crippen LogP contribution is 2.23. The quantitative estimate of drug-likeness (QED) is 0.894. The fourth-order valence-corrected chi connectivity index (χ4v) is 1.67. The molecule has 2 aromatic rings. The fraction of sp³-hybridized carbons (Fsp3) is 0.385. The molecule has 0 fully saturated rings. The van der Waals surface area contributed by atoms with E-state index >= 15 is 0 Å². The van der Waals surface area contributed by atoms with Gasteiger partial charge in [-0.2, -0.15) is 0 Å². The maximum absolute atomic E-state index is 9.49. The summed E-state index contributed by atoms with van der Waals surface area (Å²) in [6.45, 7) is 4.08. The van der Waals surface area contributed by atoms with Crippen molar-refractivity contribution in [1.29, 1.82) is 0 Å². The van der Waals surface area contributed by atoms with Gasteiger partial charge >= 0.3 is 0 Å². The zero-order chi connectivity index (χ0) is 13.1. The third-order valence-electron chi connectivity index (χ3n) is 2.84. The summed E-state index contributed by atoms with van der Waals surface area (Å²) in [5, 5.41) is 17.2. The summed E-state index contributed by atoms with van der Waals surface area (Å²) in [5.74, 6) is 1.57. The van der Waals surface area contributed by atoms with Crippen molar-refractivity contribution in [3.8, 4) is 5.75 Å². The molecular weight excluding hydrogens is 230 g/mol. The van der Waals surface area contributed by atoms with Crippen molar-refractivity contribution in [2.75, 3.05) is 0 Å². The molecule has 5 heteroatoms. The molecule has 96 valence electrons. The van der Waals surface area contributed by atoms with Crippen LogP contribution in [0.3, 0.4) is 0 Å². The molecule has 0 spiro atoms. The third-order valence-corrected chi connectivity index (χ3v) is 2.84. The summed E-state index contributed by atoms with van der Waals surface area (Å²) >= 11 is 0. The number of aromatic nitrogens is 3. The largest absolute Gasteiger partial charge is 0.485 e. The summed E-state index contributed by atoms with van der Waals surface area (Å²) < 4.78 is 7.51. The Balaban J connectivity index is 2.08. The second-order valence-electron chi connectivity index (χ2n) is 4.35. The molecule has 1 aromatic heterocycles. The lowest BCUT2D eigenvalue weighted by Crippen LogP contribution is -2.04. The van der Waals surface area contributed by atoms with E-state index in [1.165, 1.54) is 0 Å². The maximum Gasteiger partial charge on any atom is 0.170 e. The SMILES string of the molecule is Cc1cc([C@H](C)O)ccc1OCc1nncn1C. The molecule has 0 amide bonds. The van der Waals surface area contributed by atoms with Crippen molar-refractivity contribution in [2.45, 2.75) is 26.6 Å². The minimum atomic E-state index is -0.462. The number of aryl methyl sites for hydroxylation is 2. The Hall–Kier alpha value is -1.88. The topological polar surface area (TPSA) is 60.2 Å². The Morgan fingerprint density at radius 2 is 2.22 bits per heavy atom. The van der Waals surface area contributed by atoms with Crippen LogP contribution in [0.5, 0.6) is 5.75 Å². The lowest BCUT2D eigenvalue weighted by molar-refractivity contribution is 0.199. The molecule has 2 rings (SSSR count). The van der Waals surface area contributed by atoms with Gasteiger partial charge in [0.05, 0.1) is 6.10 Å². The second kappa shape index (κ2) is 5.18. The van der Waals surface area contributed by atoms with E-state index in [9.17, 15) is 5.11 Å². The molecule has 1 atom stereocenters. The van der Waals surface area contributed by atoms with Gasteiger partial charge in [0.2, 0.25) is 0 Å². The van der Waals surface area contributed by atoms with Crippen molar-refractivity contribution in [3.05, 3.63) is 41.5 Å². The van der Waals surface area contributed by atoms with Crippen LogP contribution in [0.25, 0.3) is 0 Å². The van der Waals surface area contributed by atoms with E-state index in [1.54, 1.807) is 13.3 Å². The zero-order valence-electron chi connectivity index (χ0n) is 10.8. The van der Waals surface area contributed by atoms with Crippen LogP contribution in [0.4, 0.5) is 0 Å². The van der Waals surface area contributed by atoms with Gasteiger partial charge in [-0.3, -0.25) is 0 Å². The van der Waals surface area contributed by atoms with Crippen molar-refractivity contribution in [3.63, 3.8) is 0 Å². The van der Waals surface area contributed by atoms with Gasteiger partial charge in [-0.1, -0.05) is 6.07 Å². The van der Waals surface area contributed by atoms with Crippen LogP contribution in [-0.4, -0.2) is 19.9 Å². The van der Waals surface area contributed by atoms with Crippen molar-refractivity contribution in [1.82, 2.24) is 14.8 Å². The first-order valence-electron chi connectivity index (χ1n) is 5.82. The highest BCUT2D eigenvalue weighted by molar-refractivity contribution is 5.36. The van der Waals surface area contributed by atoms with E-state index in [-0.39, 0.29) is 0 Å². The highest BCUT2D eigenvalue weighted by atomic mass is 16.5. The number of nitrogens with zero attached hydrogens (tertiary/aromatic N) is 3. The van der Waals surface area contributed by atoms with Gasteiger partial charge in [0.15, 0.2) is 5.82 Å². The van der Waals surface area contributed by atoms with Gasteiger partial charge in [-0.05, 0) is 37.1 Å². The van der Waals surface area contributed by atoms with E-state index in [1.807, 2.05) is 36.7 Å². The lowest BCUT2D eigenvalue weighted by Gasteiger charge is -2.11. The zero-order valence-corrected chi connectivity index (χ0v) is 10.8. The normalized spacial score (nSPS) is 12.4. The molecule has 0 aliphatic heterocycles. The van der Waals surface area contributed by atoms with Crippen LogP contribution >= 0.6 is 0 Å². The first-order chi connectivity index (χ1) is 8.58. The molecule has 0 aliphatic carbocycles. The van der Waals surface area contributed by atoms with Gasteiger partial charge in [0, 0.05) is 7.05 Å². The van der Waals surface area contributed by atoms with Crippen LogP contribution in [-0.2, 0) is 13.7 Å². The predicted molar refractivity (Wildman–Crippen MR) is 67.1 cm³/mol. The van der Waals surface area contributed by atoms with Gasteiger partial charge in [-0.15, -0.1) is 10.2 Å². The molecule has 1 N–H and O–H groups in total. The molecule has 0 saturated heterocycles. The molecule has 0 radical (unpaired) electrons. The molecule has 0 unspecified atom stereocenters. The molecule has 0 bridgehead atoms. The number of aliphatic hydroxyl groups excluding tert-OH is 1. The minimum absolute atomic E-state index is 0.380. The summed E-state index contributed by atoms with van der Waals surface area (Å²) in [6, 6.07) is 5.66. The number of benzene rings is 1. The lowest BCUT2D eigenvalue weighted by atomic mass is 10.1. The maximum atomic E-state index is 9.49. The van der Waals surface area contributed by atoms with Crippen LogP contribution in [0.1, 0.15) is 30.0 Å². The highest BCUT2D eigenvalue weighted by Gasteiger charge is 2.07. The summed E-state index contributed by atoms with van der Waals surface area (Å²) in [6.07, 6.45) is 1.18. The second-order valence-corrected chi connectivity index (χ2v) is 4.35. The van der Waals surface area contributed by atoms with E-state index in [4.69, 9.17) is 4.74 Å². The summed E-state index contributed by atoms with van der Waals surface area (Å²) in [7, 11) is 1.88.